The molecule has 1 aliphatic rings. The fourth-order valence-electron chi connectivity index (χ4n) is 0.455. The van der Waals surface area contributed by atoms with Crippen molar-refractivity contribution in [3.05, 3.63) is 11.8 Å². The number of halogens is 1. The van der Waals surface area contributed by atoms with Gasteiger partial charge in [0.15, 0.2) is 0 Å². The number of hydrogen-bond acceptors (Lipinski definition) is 3. The standard InChI is InChI=1S/C5H5IO3/c6-2-4-1-5(7)9-3-8-4/h1H,2-3H2. The first kappa shape index (κ1) is 6.85. The van der Waals surface area contributed by atoms with Crippen LogP contribution in [0, 0.1) is 0 Å². The summed E-state index contributed by atoms with van der Waals surface area (Å²) in [7, 11) is 0. The molecule has 3 nitrogen and oxygen atoms in total. The van der Waals surface area contributed by atoms with Crippen molar-refractivity contribution >= 4 is 28.6 Å². The van der Waals surface area contributed by atoms with Crippen LogP contribution >= 0.6 is 22.6 Å². The van der Waals surface area contributed by atoms with Gasteiger partial charge in [-0.2, -0.15) is 0 Å². The molecule has 4 heteroatoms. The molecule has 0 aromatic carbocycles. The highest BCUT2D eigenvalue weighted by Crippen LogP contribution is 2.07. The Hall–Kier alpha value is -0.260. The van der Waals surface area contributed by atoms with Crippen LogP contribution in [-0.4, -0.2) is 17.2 Å². The van der Waals surface area contributed by atoms with Crippen molar-refractivity contribution in [1.29, 1.82) is 0 Å². The largest absolute Gasteiger partial charge is 0.461 e. The molecule has 50 valence electrons. The Kier molecular flexibility index (Phi) is 2.32. The summed E-state index contributed by atoms with van der Waals surface area (Å²) in [6, 6.07) is 0. The topological polar surface area (TPSA) is 35.5 Å². The summed E-state index contributed by atoms with van der Waals surface area (Å²) in [4.78, 5) is 10.5. The average molecular weight is 240 g/mol. The maximum Gasteiger partial charge on any atom is 0.337 e. The van der Waals surface area contributed by atoms with Crippen molar-refractivity contribution in [1.82, 2.24) is 0 Å². The van der Waals surface area contributed by atoms with Gasteiger partial charge in [0.2, 0.25) is 6.79 Å². The molecule has 0 bridgehead atoms. The molecule has 0 atom stereocenters. The van der Waals surface area contributed by atoms with Crippen LogP contribution in [0.2, 0.25) is 0 Å². The van der Waals surface area contributed by atoms with Crippen molar-refractivity contribution in [3.8, 4) is 0 Å². The first-order chi connectivity index (χ1) is 4.33. The zero-order chi connectivity index (χ0) is 6.69. The van der Waals surface area contributed by atoms with Gasteiger partial charge in [0.1, 0.15) is 5.76 Å². The van der Waals surface area contributed by atoms with Gasteiger partial charge < -0.3 is 9.47 Å². The van der Waals surface area contributed by atoms with Crippen LogP contribution in [0.15, 0.2) is 11.8 Å². The fraction of sp³-hybridized carbons (Fsp3) is 0.400. The third-order valence-corrected chi connectivity index (χ3v) is 1.61. The van der Waals surface area contributed by atoms with Gasteiger partial charge in [0.05, 0.1) is 10.5 Å². The van der Waals surface area contributed by atoms with E-state index in [2.05, 4.69) is 27.3 Å². The Morgan fingerprint density at radius 1 is 1.67 bits per heavy atom. The number of cyclic esters (lactones) is 1. The SMILES string of the molecule is O=C1C=C(CI)OCO1. The molecule has 0 saturated carbocycles. The molecule has 0 fully saturated rings. The molecule has 1 heterocycles. The molecule has 0 unspecified atom stereocenters. The van der Waals surface area contributed by atoms with E-state index in [9.17, 15) is 4.79 Å². The molecular formula is C5H5IO3. The summed E-state index contributed by atoms with van der Waals surface area (Å²) in [6.07, 6.45) is 1.36. The van der Waals surface area contributed by atoms with Gasteiger partial charge in [0.25, 0.3) is 0 Å². The number of hydrogen-bond donors (Lipinski definition) is 0. The van der Waals surface area contributed by atoms with E-state index in [0.29, 0.717) is 10.2 Å². The van der Waals surface area contributed by atoms with E-state index in [1.165, 1.54) is 6.08 Å². The Morgan fingerprint density at radius 2 is 2.44 bits per heavy atom. The maximum absolute atomic E-state index is 10.5. The normalized spacial score (nSPS) is 17.9. The molecule has 0 N–H and O–H groups in total. The van der Waals surface area contributed by atoms with Gasteiger partial charge in [-0.3, -0.25) is 0 Å². The summed E-state index contributed by atoms with van der Waals surface area (Å²) in [6.45, 7) is 0.0632. The zero-order valence-electron chi connectivity index (χ0n) is 4.59. The van der Waals surface area contributed by atoms with E-state index < -0.39 is 0 Å². The van der Waals surface area contributed by atoms with E-state index in [1.807, 2.05) is 0 Å². The number of esters is 1. The minimum absolute atomic E-state index is 0.0632. The lowest BCUT2D eigenvalue weighted by molar-refractivity contribution is -0.151. The molecule has 1 aliphatic heterocycles. The molecule has 0 amide bonds. The van der Waals surface area contributed by atoms with E-state index in [4.69, 9.17) is 4.74 Å². The van der Waals surface area contributed by atoms with Gasteiger partial charge in [-0.05, 0) is 0 Å². The summed E-state index contributed by atoms with van der Waals surface area (Å²) in [5.41, 5.74) is 0. The molecule has 0 radical (unpaired) electrons. The van der Waals surface area contributed by atoms with E-state index >= 15 is 0 Å². The maximum atomic E-state index is 10.5. The minimum Gasteiger partial charge on any atom is -0.461 e. The van der Waals surface area contributed by atoms with Crippen LogP contribution in [0.5, 0.6) is 0 Å². The number of allylic oxidation sites excluding steroid dienone is 1. The van der Waals surface area contributed by atoms with Gasteiger partial charge in [-0.25, -0.2) is 4.79 Å². The smallest absolute Gasteiger partial charge is 0.337 e. The molecule has 9 heavy (non-hydrogen) atoms. The summed E-state index contributed by atoms with van der Waals surface area (Å²) in [5.74, 6) is 0.375. The second-order valence-electron chi connectivity index (χ2n) is 1.47. The van der Waals surface area contributed by atoms with Crippen LogP contribution in [0.3, 0.4) is 0 Å². The van der Waals surface area contributed by atoms with Crippen LogP contribution in [0.25, 0.3) is 0 Å². The molecule has 0 saturated heterocycles. The quantitative estimate of drug-likeness (QED) is 0.387. The number of rotatable bonds is 1. The van der Waals surface area contributed by atoms with E-state index in [1.54, 1.807) is 0 Å². The lowest BCUT2D eigenvalue weighted by Gasteiger charge is -2.11. The average Bonchev–Trinajstić information content (AvgIpc) is 1.88. The van der Waals surface area contributed by atoms with Crippen molar-refractivity contribution in [2.45, 2.75) is 0 Å². The Balaban J connectivity index is 2.59. The predicted molar refractivity (Wildman–Crippen MR) is 39.0 cm³/mol. The number of carbonyl (C=O) groups excluding carboxylic acids is 1. The third kappa shape index (κ3) is 1.85. The summed E-state index contributed by atoms with van der Waals surface area (Å²) in [5, 5.41) is 0. The number of alkyl halides is 1. The fourth-order valence-corrected chi connectivity index (χ4v) is 0.896. The Labute approximate surface area is 66.2 Å². The summed E-state index contributed by atoms with van der Waals surface area (Å²) < 4.78 is 10.1. The highest BCUT2D eigenvalue weighted by Gasteiger charge is 2.08. The van der Waals surface area contributed by atoms with Gasteiger partial charge in [-0.1, -0.05) is 22.6 Å². The first-order valence-corrected chi connectivity index (χ1v) is 3.91. The van der Waals surface area contributed by atoms with E-state index in [-0.39, 0.29) is 12.8 Å². The number of ether oxygens (including phenoxy) is 2. The molecule has 0 spiro atoms. The van der Waals surface area contributed by atoms with Crippen molar-refractivity contribution in [2.24, 2.45) is 0 Å². The van der Waals surface area contributed by atoms with Gasteiger partial charge >= 0.3 is 5.97 Å². The predicted octanol–water partition coefficient (Wildman–Crippen LogP) is 0.836. The zero-order valence-corrected chi connectivity index (χ0v) is 6.75. The lowest BCUT2D eigenvalue weighted by Crippen LogP contribution is -2.13. The van der Waals surface area contributed by atoms with Crippen molar-refractivity contribution < 1.29 is 14.3 Å². The van der Waals surface area contributed by atoms with Crippen molar-refractivity contribution in [3.63, 3.8) is 0 Å². The first-order valence-electron chi connectivity index (χ1n) is 2.39. The van der Waals surface area contributed by atoms with Gasteiger partial charge in [-0.15, -0.1) is 0 Å². The highest BCUT2D eigenvalue weighted by atomic mass is 127. The molecule has 1 rings (SSSR count). The van der Waals surface area contributed by atoms with Crippen LogP contribution in [0.4, 0.5) is 0 Å². The van der Waals surface area contributed by atoms with E-state index in [0.717, 1.165) is 0 Å². The lowest BCUT2D eigenvalue weighted by atomic mass is 10.5. The van der Waals surface area contributed by atoms with Crippen LogP contribution in [0.1, 0.15) is 0 Å². The Bertz CT molecular complexity index is 152. The Morgan fingerprint density at radius 3 is 2.89 bits per heavy atom. The molecular weight excluding hydrogens is 235 g/mol. The molecule has 0 aromatic heterocycles. The monoisotopic (exact) mass is 240 g/mol. The van der Waals surface area contributed by atoms with Crippen LogP contribution < -0.4 is 0 Å². The number of carbonyl (C=O) groups is 1. The second-order valence-corrected chi connectivity index (χ2v) is 2.23. The van der Waals surface area contributed by atoms with Gasteiger partial charge in [0, 0.05) is 0 Å². The highest BCUT2D eigenvalue weighted by molar-refractivity contribution is 14.1. The van der Waals surface area contributed by atoms with Crippen LogP contribution in [-0.2, 0) is 14.3 Å². The minimum atomic E-state index is -0.312. The molecule has 0 aromatic rings. The second kappa shape index (κ2) is 3.05. The third-order valence-electron chi connectivity index (χ3n) is 0.856. The summed E-state index contributed by atoms with van der Waals surface area (Å²) >= 11 is 2.12. The molecule has 0 aliphatic carbocycles. The van der Waals surface area contributed by atoms with Crippen molar-refractivity contribution in [2.75, 3.05) is 11.2 Å².